The third-order valence-electron chi connectivity index (χ3n) is 3.33. The van der Waals surface area contributed by atoms with Crippen LogP contribution in [-0.4, -0.2) is 44.7 Å². The molecule has 0 spiro atoms. The van der Waals surface area contributed by atoms with E-state index in [-0.39, 0.29) is 123 Å². The number of H-pyrrole nitrogens is 1. The number of aliphatic hydroxyl groups excluding tert-OH is 2. The van der Waals surface area contributed by atoms with E-state index < -0.39 is 65.9 Å². The van der Waals surface area contributed by atoms with Gasteiger partial charge in [0.15, 0.2) is 6.23 Å². The smallest absolute Gasteiger partial charge is 0.790 e. The molecule has 0 aliphatic carbocycles. The minimum Gasteiger partial charge on any atom is -0.790 e. The second-order valence-electron chi connectivity index (χ2n) is 5.49. The van der Waals surface area contributed by atoms with Gasteiger partial charge >= 0.3 is 124 Å². The fourth-order valence-corrected chi connectivity index (χ4v) is 5.38. The Morgan fingerprint density at radius 2 is 1.53 bits per heavy atom. The molecule has 0 amide bonds. The Hall–Kier alpha value is 3.45. The zero-order chi connectivity index (χ0) is 23.1. The molecule has 17 nitrogen and oxygen atoms in total. The van der Waals surface area contributed by atoms with E-state index >= 15 is 0 Å². The van der Waals surface area contributed by atoms with Crippen molar-refractivity contribution in [3.8, 4) is 0 Å². The third-order valence-corrected chi connectivity index (χ3v) is 7.56. The number of ether oxygens (including phenoxy) is 1. The maximum absolute atomic E-state index is 11.8. The second-order valence-corrected chi connectivity index (χ2v) is 10.6. The number of phosphoric ester groups is 1. The molecule has 34 heavy (non-hydrogen) atoms. The number of nitrogens with zero attached hydrogens (tertiary/aromatic N) is 1. The van der Waals surface area contributed by atoms with Crippen molar-refractivity contribution in [3.63, 3.8) is 0 Å². The van der Waals surface area contributed by atoms with Gasteiger partial charge in [0.25, 0.3) is 21.2 Å². The normalized spacial score (nSPS) is 25.4. The van der Waals surface area contributed by atoms with Gasteiger partial charge in [-0.3, -0.25) is 27.8 Å². The molecule has 0 radical (unpaired) electrons. The molecule has 2 rings (SSSR count). The summed E-state index contributed by atoms with van der Waals surface area (Å²) in [6.45, 7) is -1.18. The summed E-state index contributed by atoms with van der Waals surface area (Å²) in [5.41, 5.74) is -1.86. The molecule has 172 valence electrons. The van der Waals surface area contributed by atoms with Crippen molar-refractivity contribution < 1.29 is 180 Å². The summed E-state index contributed by atoms with van der Waals surface area (Å²) < 4.78 is 48.9. The van der Waals surface area contributed by atoms with E-state index in [2.05, 4.69) is 29.1 Å². The van der Waals surface area contributed by atoms with E-state index in [1.807, 2.05) is 4.98 Å². The summed E-state index contributed by atoms with van der Waals surface area (Å²) in [6, 6.07) is 0. The van der Waals surface area contributed by atoms with Crippen LogP contribution in [0.5, 0.6) is 0 Å². The first-order valence-electron chi connectivity index (χ1n) is 7.25. The van der Waals surface area contributed by atoms with E-state index in [0.29, 0.717) is 4.57 Å². The fraction of sp³-hybridized carbons (Fsp3) is 0.556. The summed E-state index contributed by atoms with van der Waals surface area (Å²) in [4.78, 5) is 68.1. The summed E-state index contributed by atoms with van der Waals surface area (Å²) in [5, 5.41) is 20.0. The molecule has 1 fully saturated rings. The molecule has 1 saturated heterocycles. The molecular weight excluding hydrogens is 641 g/mol. The number of hydrogen-bond acceptors (Lipinski definition) is 15. The Balaban J connectivity index is -0.00000240. The molecule has 0 aromatic carbocycles. The monoisotopic (exact) mass is 650 g/mol. The van der Waals surface area contributed by atoms with Crippen molar-refractivity contribution in [2.45, 2.75) is 24.5 Å². The van der Waals surface area contributed by atoms with Crippen LogP contribution in [0.15, 0.2) is 20.3 Å². The van der Waals surface area contributed by atoms with Gasteiger partial charge in [-0.25, -0.2) is 9.11 Å². The quantitative estimate of drug-likeness (QED) is 0.174. The van der Waals surface area contributed by atoms with E-state index in [1.165, 1.54) is 0 Å². The van der Waals surface area contributed by atoms with Gasteiger partial charge in [-0.1, -0.05) is 0 Å². The number of aromatic amines is 1. The Morgan fingerprint density at radius 3 is 2.03 bits per heavy atom. The van der Waals surface area contributed by atoms with Crippen molar-refractivity contribution in [2.24, 2.45) is 0 Å². The molecule has 6 atom stereocenters. The average Bonchev–Trinajstić information content (AvgIpc) is 2.81. The molecule has 0 saturated carbocycles. The maximum atomic E-state index is 11.8. The van der Waals surface area contributed by atoms with Gasteiger partial charge < -0.3 is 43.6 Å². The number of aliphatic hydroxyl groups is 2. The number of rotatable bonds is 8. The predicted octanol–water partition coefficient (Wildman–Crippen LogP) is -16.3. The van der Waals surface area contributed by atoms with Gasteiger partial charge in [0.1, 0.15) is 18.3 Å². The van der Waals surface area contributed by atoms with Gasteiger partial charge in [-0.2, -0.15) is 0 Å². The minimum atomic E-state index is -6.18. The van der Waals surface area contributed by atoms with E-state index in [1.54, 1.807) is 0 Å². The molecular formula is C9H10BrN2Na4O15P3. The molecule has 1 aromatic heterocycles. The molecule has 2 unspecified atom stereocenters. The van der Waals surface area contributed by atoms with Gasteiger partial charge in [0, 0.05) is 6.20 Å². The molecule has 3 N–H and O–H groups in total. The Kier molecular flexibility index (Phi) is 20.5. The van der Waals surface area contributed by atoms with Crippen molar-refractivity contribution in [1.82, 2.24) is 9.55 Å². The predicted molar refractivity (Wildman–Crippen MR) is 85.9 cm³/mol. The van der Waals surface area contributed by atoms with Crippen LogP contribution in [0, 0.1) is 0 Å². The van der Waals surface area contributed by atoms with Gasteiger partial charge in [0.05, 0.1) is 18.9 Å². The SMILES string of the molecule is O=c1[nH]c(=O)n([C@@H]2O[C@H](COP(=O)([O-])OP(=O)([O-])OP(=O)([O-])[O-])[C@@H](O)[C@H]2O)cc1Br.[Na+].[Na+].[Na+].[Na+]. The fourth-order valence-electron chi connectivity index (χ4n) is 2.19. The van der Waals surface area contributed by atoms with Crippen LogP contribution in [0.1, 0.15) is 6.23 Å². The maximum Gasteiger partial charge on any atom is 1.00 e. The molecule has 2 heterocycles. The van der Waals surface area contributed by atoms with Crippen molar-refractivity contribution in [2.75, 3.05) is 6.61 Å². The summed E-state index contributed by atoms with van der Waals surface area (Å²) in [5.74, 6) is 0. The minimum absolute atomic E-state index is 0. The Bertz CT molecular complexity index is 1070. The van der Waals surface area contributed by atoms with Gasteiger partial charge in [0.2, 0.25) is 0 Å². The summed E-state index contributed by atoms with van der Waals surface area (Å²) in [7, 11) is -18.2. The number of nitrogens with one attached hydrogen (secondary N) is 1. The summed E-state index contributed by atoms with van der Waals surface area (Å²) >= 11 is 2.83. The van der Waals surface area contributed by atoms with Crippen LogP contribution in [0.25, 0.3) is 0 Å². The van der Waals surface area contributed by atoms with E-state index in [4.69, 9.17) is 4.74 Å². The van der Waals surface area contributed by atoms with Crippen LogP contribution in [0.2, 0.25) is 0 Å². The van der Waals surface area contributed by atoms with Crippen LogP contribution >= 0.6 is 39.4 Å². The molecule has 1 aliphatic rings. The first-order chi connectivity index (χ1) is 13.5. The summed E-state index contributed by atoms with van der Waals surface area (Å²) in [6.07, 6.45) is -6.08. The number of halogens is 1. The molecule has 0 bridgehead atoms. The Morgan fingerprint density at radius 1 is 1.00 bits per heavy atom. The van der Waals surface area contributed by atoms with Crippen LogP contribution in [0.3, 0.4) is 0 Å². The number of phosphoric acid groups is 3. The Labute approximate surface area is 287 Å². The number of hydrogen-bond donors (Lipinski definition) is 3. The topological polar surface area (TPSA) is 276 Å². The first kappa shape index (κ1) is 41.9. The van der Waals surface area contributed by atoms with Gasteiger partial charge in [-0.05, 0) is 15.9 Å². The van der Waals surface area contributed by atoms with Crippen LogP contribution in [0.4, 0.5) is 0 Å². The van der Waals surface area contributed by atoms with Crippen molar-refractivity contribution >= 4 is 39.4 Å². The molecule has 1 aliphatic heterocycles. The molecule has 1 aromatic rings. The second kappa shape index (κ2) is 16.7. The first-order valence-corrected chi connectivity index (χ1v) is 12.4. The largest absolute Gasteiger partial charge is 1.00 e. The van der Waals surface area contributed by atoms with Crippen LogP contribution < -0.4 is 149 Å². The van der Waals surface area contributed by atoms with Gasteiger partial charge in [-0.15, -0.1) is 0 Å². The van der Waals surface area contributed by atoms with Crippen molar-refractivity contribution in [1.29, 1.82) is 0 Å². The third kappa shape index (κ3) is 12.7. The molecule has 25 heteroatoms. The average molecular weight is 651 g/mol. The zero-order valence-corrected chi connectivity index (χ0v) is 30.2. The van der Waals surface area contributed by atoms with Crippen LogP contribution in [-0.2, 0) is 31.6 Å². The standard InChI is InChI=1S/C9H14BrN2O15P3.4Na/c10-3-1-12(9(16)11-7(3)15)8-6(14)5(13)4(25-8)2-24-29(20,21)27-30(22,23)26-28(17,18)19;;;;/h1,4-6,8,13-14H,2H2,(H,20,21)(H,22,23)(H,11,15,16)(H2,17,18,19);;;;/q;4*+1/p-4/t4-,5-,6-,8-;;;;/m1..../s1. The zero-order valence-electron chi connectivity index (χ0n) is 18.0. The van der Waals surface area contributed by atoms with E-state index in [0.717, 1.165) is 6.20 Å². The number of aromatic nitrogens is 2. The van der Waals surface area contributed by atoms with E-state index in [9.17, 15) is 53.1 Å². The van der Waals surface area contributed by atoms with Crippen molar-refractivity contribution in [3.05, 3.63) is 31.5 Å².